The van der Waals surface area contributed by atoms with Crippen LogP contribution in [0.3, 0.4) is 0 Å². The fourth-order valence-corrected chi connectivity index (χ4v) is 3.28. The van der Waals surface area contributed by atoms with E-state index in [1.807, 2.05) is 36.5 Å². The first-order chi connectivity index (χ1) is 11.8. The Balaban J connectivity index is 1.54. The summed E-state index contributed by atoms with van der Waals surface area (Å²) in [5, 5.41) is 4.13. The maximum absolute atomic E-state index is 12.6. The largest absolute Gasteiger partial charge is 0.368 e. The predicted octanol–water partition coefficient (Wildman–Crippen LogP) is 2.64. The number of aryl methyl sites for hydroxylation is 1. The second kappa shape index (κ2) is 6.13. The summed E-state index contributed by atoms with van der Waals surface area (Å²) in [6.07, 6.45) is 4.30. The molecule has 0 saturated carbocycles. The van der Waals surface area contributed by atoms with E-state index in [-0.39, 0.29) is 18.1 Å². The van der Waals surface area contributed by atoms with Crippen molar-refractivity contribution in [2.45, 2.75) is 32.0 Å². The number of amides is 1. The molecule has 1 amide bonds. The maximum Gasteiger partial charge on any atom is 0.268 e. The second-order valence-corrected chi connectivity index (χ2v) is 6.00. The zero-order valence-corrected chi connectivity index (χ0v) is 13.5. The van der Waals surface area contributed by atoms with Gasteiger partial charge >= 0.3 is 0 Å². The van der Waals surface area contributed by atoms with Crippen LogP contribution in [0.25, 0.3) is 10.9 Å². The summed E-state index contributed by atoms with van der Waals surface area (Å²) in [6, 6.07) is 9.67. The van der Waals surface area contributed by atoms with Gasteiger partial charge in [0.25, 0.3) is 5.91 Å². The molecule has 24 heavy (non-hydrogen) atoms. The number of hydrogen-bond donors (Lipinski definition) is 2. The number of benzene rings is 1. The SMILES string of the molecule is CCn1ccnc1[C@H]1OCC[C@@H]1NC(=O)c1cc2ccccc2[nH]1. The number of hydrogen-bond acceptors (Lipinski definition) is 3. The van der Waals surface area contributed by atoms with Crippen LogP contribution in [0.2, 0.25) is 0 Å². The first-order valence-corrected chi connectivity index (χ1v) is 8.27. The fraction of sp³-hybridized carbons (Fsp3) is 0.333. The van der Waals surface area contributed by atoms with E-state index < -0.39 is 0 Å². The molecule has 3 heterocycles. The molecule has 124 valence electrons. The Morgan fingerprint density at radius 1 is 1.46 bits per heavy atom. The van der Waals surface area contributed by atoms with Gasteiger partial charge in [0.2, 0.25) is 0 Å². The van der Waals surface area contributed by atoms with Crippen LogP contribution < -0.4 is 5.32 Å². The number of rotatable bonds is 4. The van der Waals surface area contributed by atoms with E-state index in [9.17, 15) is 4.79 Å². The van der Waals surface area contributed by atoms with Crippen molar-refractivity contribution in [3.63, 3.8) is 0 Å². The van der Waals surface area contributed by atoms with Crippen LogP contribution in [-0.4, -0.2) is 33.1 Å². The van der Waals surface area contributed by atoms with E-state index in [0.717, 1.165) is 29.7 Å². The Hall–Kier alpha value is -2.60. The lowest BCUT2D eigenvalue weighted by Gasteiger charge is -2.20. The van der Waals surface area contributed by atoms with Gasteiger partial charge in [-0.2, -0.15) is 0 Å². The van der Waals surface area contributed by atoms with Gasteiger partial charge < -0.3 is 19.6 Å². The number of carbonyl (C=O) groups excluding carboxylic acids is 1. The normalized spacial score (nSPS) is 20.5. The molecule has 0 aliphatic carbocycles. The van der Waals surface area contributed by atoms with Gasteiger partial charge in [0, 0.05) is 36.4 Å². The van der Waals surface area contributed by atoms with Gasteiger partial charge in [0.1, 0.15) is 17.6 Å². The minimum atomic E-state index is -0.201. The van der Waals surface area contributed by atoms with Crippen molar-refractivity contribution in [2.75, 3.05) is 6.61 Å². The molecular weight excluding hydrogens is 304 g/mol. The molecule has 6 nitrogen and oxygen atoms in total. The molecule has 3 aromatic rings. The molecule has 0 unspecified atom stereocenters. The standard InChI is InChI=1S/C18H20N4O2/c1-2-22-9-8-19-17(22)16-14(7-10-24-16)21-18(23)15-11-12-5-3-4-6-13(12)20-15/h3-6,8-9,11,14,16,20H,2,7,10H2,1H3,(H,21,23)/t14-,16-/m0/s1. The highest BCUT2D eigenvalue weighted by Gasteiger charge is 2.34. The molecule has 2 aromatic heterocycles. The molecule has 1 aliphatic heterocycles. The lowest BCUT2D eigenvalue weighted by Crippen LogP contribution is -2.37. The van der Waals surface area contributed by atoms with Gasteiger partial charge in [0.05, 0.1) is 6.04 Å². The molecular formula is C18H20N4O2. The summed E-state index contributed by atoms with van der Waals surface area (Å²) >= 11 is 0. The Kier molecular flexibility index (Phi) is 3.82. The minimum Gasteiger partial charge on any atom is -0.368 e. The molecule has 6 heteroatoms. The summed E-state index contributed by atoms with van der Waals surface area (Å²) in [6.45, 7) is 3.52. The van der Waals surface area contributed by atoms with Crippen molar-refractivity contribution in [2.24, 2.45) is 0 Å². The first-order valence-electron chi connectivity index (χ1n) is 8.27. The Morgan fingerprint density at radius 3 is 3.17 bits per heavy atom. The zero-order valence-electron chi connectivity index (χ0n) is 13.5. The van der Waals surface area contributed by atoms with Gasteiger partial charge in [0.15, 0.2) is 0 Å². The third-order valence-corrected chi connectivity index (χ3v) is 4.53. The molecule has 0 spiro atoms. The van der Waals surface area contributed by atoms with Crippen LogP contribution in [0.1, 0.15) is 35.8 Å². The molecule has 0 radical (unpaired) electrons. The van der Waals surface area contributed by atoms with Gasteiger partial charge in [-0.1, -0.05) is 18.2 Å². The molecule has 4 rings (SSSR count). The van der Waals surface area contributed by atoms with Gasteiger partial charge in [-0.25, -0.2) is 4.98 Å². The smallest absolute Gasteiger partial charge is 0.268 e. The Morgan fingerprint density at radius 2 is 2.33 bits per heavy atom. The highest BCUT2D eigenvalue weighted by atomic mass is 16.5. The van der Waals surface area contributed by atoms with E-state index in [2.05, 4.69) is 26.8 Å². The van der Waals surface area contributed by atoms with Crippen molar-refractivity contribution in [1.82, 2.24) is 19.9 Å². The Bertz CT molecular complexity index is 834. The van der Waals surface area contributed by atoms with Gasteiger partial charge in [-0.15, -0.1) is 0 Å². The molecule has 1 fully saturated rings. The number of carbonyl (C=O) groups is 1. The van der Waals surface area contributed by atoms with E-state index in [1.165, 1.54) is 0 Å². The quantitative estimate of drug-likeness (QED) is 0.775. The highest BCUT2D eigenvalue weighted by molar-refractivity contribution is 5.98. The molecule has 1 aromatic carbocycles. The number of para-hydroxylation sites is 1. The fourth-order valence-electron chi connectivity index (χ4n) is 3.28. The van der Waals surface area contributed by atoms with E-state index in [0.29, 0.717) is 12.3 Å². The zero-order chi connectivity index (χ0) is 16.5. The summed E-state index contributed by atoms with van der Waals surface area (Å²) in [4.78, 5) is 20.2. The summed E-state index contributed by atoms with van der Waals surface area (Å²) < 4.78 is 7.89. The van der Waals surface area contributed by atoms with Crippen LogP contribution in [-0.2, 0) is 11.3 Å². The molecule has 2 N–H and O–H groups in total. The Labute approximate surface area is 139 Å². The van der Waals surface area contributed by atoms with Crippen molar-refractivity contribution in [3.05, 3.63) is 54.2 Å². The third-order valence-electron chi connectivity index (χ3n) is 4.53. The number of imidazole rings is 1. The van der Waals surface area contributed by atoms with Crippen molar-refractivity contribution < 1.29 is 9.53 Å². The summed E-state index contributed by atoms with van der Waals surface area (Å²) in [5.74, 6) is 0.762. The molecule has 1 saturated heterocycles. The number of H-pyrrole nitrogens is 1. The first kappa shape index (κ1) is 15.0. The van der Waals surface area contributed by atoms with Gasteiger partial charge in [-0.3, -0.25) is 4.79 Å². The number of aromatic nitrogens is 3. The summed E-state index contributed by atoms with van der Waals surface area (Å²) in [7, 11) is 0. The average Bonchev–Trinajstić information content (AvgIpc) is 3.32. The second-order valence-electron chi connectivity index (χ2n) is 6.00. The maximum atomic E-state index is 12.6. The third kappa shape index (κ3) is 2.59. The van der Waals surface area contributed by atoms with Crippen LogP contribution in [0, 0.1) is 0 Å². The van der Waals surface area contributed by atoms with Crippen molar-refractivity contribution in [1.29, 1.82) is 0 Å². The minimum absolute atomic E-state index is 0.0726. The topological polar surface area (TPSA) is 71.9 Å². The van der Waals surface area contributed by atoms with E-state index in [4.69, 9.17) is 4.74 Å². The monoisotopic (exact) mass is 324 g/mol. The molecule has 1 aliphatic rings. The van der Waals surface area contributed by atoms with Crippen molar-refractivity contribution >= 4 is 16.8 Å². The number of nitrogens with zero attached hydrogens (tertiary/aromatic N) is 2. The van der Waals surface area contributed by atoms with Crippen LogP contribution in [0.15, 0.2) is 42.7 Å². The van der Waals surface area contributed by atoms with Crippen LogP contribution in [0.5, 0.6) is 0 Å². The van der Waals surface area contributed by atoms with Crippen LogP contribution in [0.4, 0.5) is 0 Å². The molecule has 0 bridgehead atoms. The lowest BCUT2D eigenvalue weighted by molar-refractivity contribution is 0.0773. The number of aromatic amines is 1. The molecule has 2 atom stereocenters. The van der Waals surface area contributed by atoms with Crippen molar-refractivity contribution in [3.8, 4) is 0 Å². The number of ether oxygens (including phenoxy) is 1. The van der Waals surface area contributed by atoms with Gasteiger partial charge in [-0.05, 0) is 25.5 Å². The number of nitrogens with one attached hydrogen (secondary N) is 2. The van der Waals surface area contributed by atoms with Crippen LogP contribution >= 0.6 is 0 Å². The van der Waals surface area contributed by atoms with E-state index >= 15 is 0 Å². The lowest BCUT2D eigenvalue weighted by atomic mass is 10.1. The predicted molar refractivity (Wildman–Crippen MR) is 90.8 cm³/mol. The number of fused-ring (bicyclic) bond motifs is 1. The summed E-state index contributed by atoms with van der Waals surface area (Å²) in [5.41, 5.74) is 1.53. The average molecular weight is 324 g/mol. The highest BCUT2D eigenvalue weighted by Crippen LogP contribution is 2.28. The van der Waals surface area contributed by atoms with E-state index in [1.54, 1.807) is 6.20 Å².